The molecule has 1 saturated heterocycles. The second-order valence-electron chi connectivity index (χ2n) is 5.13. The number of hydrogen-bond donors (Lipinski definition) is 4. The fourth-order valence-corrected chi connectivity index (χ4v) is 3.66. The average Bonchev–Trinajstić information content (AvgIpc) is 2.96. The molecule has 0 radical (unpaired) electrons. The van der Waals surface area contributed by atoms with Gasteiger partial charge in [-0.25, -0.2) is 4.98 Å². The molecule has 3 heterocycles. The normalized spacial score (nSPS) is 27.2. The zero-order valence-corrected chi connectivity index (χ0v) is 14.6. The lowest BCUT2D eigenvalue weighted by molar-refractivity contribution is -0.347. The lowest BCUT2D eigenvalue weighted by Crippen LogP contribution is -2.38. The van der Waals surface area contributed by atoms with Crippen LogP contribution in [0.1, 0.15) is 6.23 Å². The minimum atomic E-state index is -5.46. The number of ether oxygens (including phenoxy) is 1. The number of nitrogens with zero attached hydrogens (tertiary/aromatic N) is 3. The summed E-state index contributed by atoms with van der Waals surface area (Å²) in [7, 11) is -5.46. The molecule has 0 unspecified atom stereocenters. The van der Waals surface area contributed by atoms with E-state index >= 15 is 0 Å². The van der Waals surface area contributed by atoms with E-state index in [1.54, 1.807) is 0 Å². The molecule has 25 heavy (non-hydrogen) atoms. The number of nitrogens with two attached hydrogens (primary N) is 1. The Morgan fingerprint density at radius 1 is 1.48 bits per heavy atom. The van der Waals surface area contributed by atoms with Gasteiger partial charge in [0.15, 0.2) is 22.1 Å². The number of rotatable bonds is 4. The van der Waals surface area contributed by atoms with Gasteiger partial charge in [0.05, 0.1) is 14.4 Å². The van der Waals surface area contributed by atoms with Gasteiger partial charge in [-0.3, -0.25) is 14.3 Å². The fraction of sp³-hybridized carbons (Fsp3) is 0.500. The predicted molar refractivity (Wildman–Crippen MR) is 79.7 cm³/mol. The molecule has 1 fully saturated rings. The summed E-state index contributed by atoms with van der Waals surface area (Å²) in [6.07, 6.45) is -6.02. The molecule has 0 amide bonds. The molecule has 0 aliphatic carbocycles. The predicted octanol–water partition coefficient (Wildman–Crippen LogP) is -3.07. The monoisotopic (exact) mass is 439 g/mol. The number of aromatic amines is 1. The Balaban J connectivity index is 2.08. The maximum atomic E-state index is 11.9. The first kappa shape index (κ1) is 18.4. The van der Waals surface area contributed by atoms with E-state index in [0.29, 0.717) is 0 Å². The summed E-state index contributed by atoms with van der Waals surface area (Å²) in [4.78, 5) is 43.7. The molecule has 3 rings (SSSR count). The summed E-state index contributed by atoms with van der Waals surface area (Å²) in [5.41, 5.74) is 4.65. The topological polar surface area (TPSA) is 212 Å². The van der Waals surface area contributed by atoms with E-state index in [0.717, 1.165) is 4.57 Å². The number of aliphatic hydroxyl groups is 2. The summed E-state index contributed by atoms with van der Waals surface area (Å²) in [5.74, 6) is -0.228. The van der Waals surface area contributed by atoms with E-state index in [-0.39, 0.29) is 21.8 Å². The molecule has 0 saturated carbocycles. The highest BCUT2D eigenvalue weighted by atomic mass is 79.9. The van der Waals surface area contributed by atoms with Crippen LogP contribution >= 0.6 is 23.8 Å². The van der Waals surface area contributed by atoms with Crippen molar-refractivity contribution in [3.63, 3.8) is 0 Å². The van der Waals surface area contributed by atoms with Gasteiger partial charge in [-0.2, -0.15) is 4.98 Å². The van der Waals surface area contributed by atoms with Crippen LogP contribution in [0.25, 0.3) is 11.2 Å². The molecule has 0 bridgehead atoms. The number of aliphatic hydroxyl groups excluding tert-OH is 2. The van der Waals surface area contributed by atoms with Crippen molar-refractivity contribution in [3.8, 4) is 0 Å². The number of nitrogens with one attached hydrogen (secondary N) is 1. The van der Waals surface area contributed by atoms with Crippen LogP contribution in [-0.2, 0) is 13.8 Å². The first-order valence-corrected chi connectivity index (χ1v) is 8.96. The second-order valence-corrected chi connectivity index (χ2v) is 6.94. The number of imidazole rings is 1. The molecular weight excluding hydrogens is 429 g/mol. The van der Waals surface area contributed by atoms with Crippen molar-refractivity contribution in [3.05, 3.63) is 15.1 Å². The summed E-state index contributed by atoms with van der Waals surface area (Å²) in [6.45, 7) is -0.737. The molecule has 1 aliphatic rings. The minimum Gasteiger partial charge on any atom is -0.790 e. The lowest BCUT2D eigenvalue weighted by Gasteiger charge is -2.34. The average molecular weight is 440 g/mol. The van der Waals surface area contributed by atoms with Crippen LogP contribution in [0.3, 0.4) is 0 Å². The zero-order valence-electron chi connectivity index (χ0n) is 12.1. The molecule has 15 heteroatoms. The molecule has 1 aliphatic heterocycles. The van der Waals surface area contributed by atoms with E-state index < -0.39 is 44.5 Å². The number of H-pyrrole nitrogens is 1. The van der Waals surface area contributed by atoms with Gasteiger partial charge in [-0.15, -0.1) is 0 Å². The van der Waals surface area contributed by atoms with Crippen LogP contribution < -0.4 is 21.1 Å². The highest BCUT2D eigenvalue weighted by Gasteiger charge is 2.47. The highest BCUT2D eigenvalue weighted by Crippen LogP contribution is 2.40. The lowest BCUT2D eigenvalue weighted by atomic mass is 10.1. The largest absolute Gasteiger partial charge is 0.790 e. The van der Waals surface area contributed by atoms with Gasteiger partial charge in [0, 0.05) is 0 Å². The van der Waals surface area contributed by atoms with E-state index in [9.17, 15) is 29.4 Å². The van der Waals surface area contributed by atoms with Crippen LogP contribution in [0.15, 0.2) is 9.53 Å². The summed E-state index contributed by atoms with van der Waals surface area (Å²) < 4.78 is 21.7. The smallest absolute Gasteiger partial charge is 0.280 e. The maximum absolute atomic E-state index is 11.9. The number of halogens is 1. The number of anilines is 1. The molecular formula is C10H11BrN5O8P-2. The molecule has 138 valence electrons. The van der Waals surface area contributed by atoms with Gasteiger partial charge in [0.25, 0.3) is 5.56 Å². The van der Waals surface area contributed by atoms with Crippen LogP contribution in [0.2, 0.25) is 0 Å². The Labute approximate surface area is 146 Å². The molecule has 0 aromatic carbocycles. The maximum Gasteiger partial charge on any atom is 0.280 e. The Bertz CT molecular complexity index is 911. The van der Waals surface area contributed by atoms with Gasteiger partial charge in [-0.05, 0) is 15.9 Å². The molecule has 0 spiro atoms. The van der Waals surface area contributed by atoms with Crippen molar-refractivity contribution in [1.82, 2.24) is 19.5 Å². The number of hydrogen-bond acceptors (Lipinski definition) is 11. The van der Waals surface area contributed by atoms with Crippen LogP contribution in [0, 0.1) is 0 Å². The van der Waals surface area contributed by atoms with Crippen molar-refractivity contribution in [2.45, 2.75) is 24.5 Å². The summed E-state index contributed by atoms with van der Waals surface area (Å²) in [6, 6.07) is 0. The van der Waals surface area contributed by atoms with E-state index in [1.165, 1.54) is 0 Å². The Kier molecular flexibility index (Phi) is 4.72. The number of fused-ring (bicyclic) bond motifs is 1. The van der Waals surface area contributed by atoms with Crippen molar-refractivity contribution in [2.75, 3.05) is 12.3 Å². The number of aromatic nitrogens is 4. The highest BCUT2D eigenvalue weighted by molar-refractivity contribution is 9.10. The molecule has 2 aromatic rings. The van der Waals surface area contributed by atoms with Crippen LogP contribution in [-0.4, -0.2) is 54.7 Å². The van der Waals surface area contributed by atoms with Crippen LogP contribution in [0.5, 0.6) is 0 Å². The Hall–Kier alpha value is -1.38. The van der Waals surface area contributed by atoms with Gasteiger partial charge in [0.2, 0.25) is 5.95 Å². The molecule has 5 N–H and O–H groups in total. The third kappa shape index (κ3) is 3.35. The fourth-order valence-electron chi connectivity index (χ4n) is 2.56. The quantitative estimate of drug-likeness (QED) is 0.277. The second kappa shape index (κ2) is 6.41. The van der Waals surface area contributed by atoms with Gasteiger partial charge >= 0.3 is 0 Å². The van der Waals surface area contributed by atoms with Crippen molar-refractivity contribution in [2.24, 2.45) is 0 Å². The number of phosphoric ester groups is 1. The van der Waals surface area contributed by atoms with E-state index in [2.05, 4.69) is 35.4 Å². The summed E-state index contributed by atoms with van der Waals surface area (Å²) in [5, 5.41) is 19.6. The third-order valence-electron chi connectivity index (χ3n) is 3.52. The molecule has 13 nitrogen and oxygen atoms in total. The first-order valence-electron chi connectivity index (χ1n) is 6.70. The SMILES string of the molecule is Nc1nc2c(nc(Br)n2[C@@H]2O[C@H](CO)[C@@H](OP(=O)([O-])[O-])[C@H]2O)c(=O)[nH]1. The Morgan fingerprint density at radius 2 is 2.16 bits per heavy atom. The molecule has 2 aromatic heterocycles. The van der Waals surface area contributed by atoms with Gasteiger partial charge < -0.3 is 39.6 Å². The number of phosphoric acid groups is 1. The van der Waals surface area contributed by atoms with Gasteiger partial charge in [-0.1, -0.05) is 0 Å². The first-order chi connectivity index (χ1) is 11.6. The van der Waals surface area contributed by atoms with Crippen molar-refractivity contribution >= 4 is 40.9 Å². The number of nitrogen functional groups attached to an aromatic ring is 1. The van der Waals surface area contributed by atoms with Crippen molar-refractivity contribution < 1.29 is 33.8 Å². The third-order valence-corrected chi connectivity index (χ3v) is 4.58. The molecule has 4 atom stereocenters. The Morgan fingerprint density at radius 3 is 2.76 bits per heavy atom. The zero-order chi connectivity index (χ0) is 18.5. The van der Waals surface area contributed by atoms with E-state index in [1.807, 2.05) is 0 Å². The van der Waals surface area contributed by atoms with Crippen molar-refractivity contribution in [1.29, 1.82) is 0 Å². The van der Waals surface area contributed by atoms with Crippen LogP contribution in [0.4, 0.5) is 5.95 Å². The van der Waals surface area contributed by atoms with E-state index in [4.69, 9.17) is 10.5 Å². The summed E-state index contributed by atoms with van der Waals surface area (Å²) >= 11 is 3.07. The standard InChI is InChI=1S/C10H13BrN5O8P/c11-9-13-3-6(14-10(12)15-7(3)19)16(9)8-4(18)5(2(1-17)23-8)24-25(20,21)22/h2,4-5,8,17-18H,1H2,(H2,20,21,22)(H3,12,14,15,19)/p-2/t2-,4-,5-,8-/m1/s1. The minimum absolute atomic E-state index is 0.0138. The van der Waals surface area contributed by atoms with Gasteiger partial charge in [0.1, 0.15) is 18.3 Å².